The van der Waals surface area contributed by atoms with Gasteiger partial charge in [-0.3, -0.25) is 25.1 Å². The van der Waals surface area contributed by atoms with Gasteiger partial charge in [0.2, 0.25) is 0 Å². The molecule has 0 bridgehead atoms. The van der Waals surface area contributed by atoms with Crippen LogP contribution in [0.15, 0.2) is 77.9 Å². The summed E-state index contributed by atoms with van der Waals surface area (Å²) in [5, 5.41) is 6.79. The van der Waals surface area contributed by atoms with Gasteiger partial charge in [0.15, 0.2) is 11.3 Å². The van der Waals surface area contributed by atoms with Gasteiger partial charge in [0, 0.05) is 29.1 Å². The van der Waals surface area contributed by atoms with Crippen LogP contribution in [0, 0.1) is 5.82 Å². The van der Waals surface area contributed by atoms with Crippen molar-refractivity contribution in [2.24, 2.45) is 0 Å². The first-order valence-electron chi connectivity index (χ1n) is 10.2. The minimum Gasteiger partial charge on any atom is -0.497 e. The first kappa shape index (κ1) is 21.0. The maximum Gasteiger partial charge on any atom is 0.298 e. The quantitative estimate of drug-likeness (QED) is 0.419. The number of aromatic amines is 1. The Labute approximate surface area is 191 Å². The molecule has 34 heavy (non-hydrogen) atoms. The van der Waals surface area contributed by atoms with E-state index in [4.69, 9.17) is 4.74 Å². The summed E-state index contributed by atoms with van der Waals surface area (Å²) in [6.07, 6.45) is 2.94. The van der Waals surface area contributed by atoms with E-state index >= 15 is 0 Å². The first-order valence-corrected chi connectivity index (χ1v) is 10.2. The molecule has 0 saturated carbocycles. The molecule has 0 aliphatic rings. The van der Waals surface area contributed by atoms with Crippen LogP contribution < -0.4 is 15.7 Å². The highest BCUT2D eigenvalue weighted by molar-refractivity contribution is 6.00. The minimum absolute atomic E-state index is 0.0138. The molecule has 0 unspecified atom stereocenters. The second-order valence-electron chi connectivity index (χ2n) is 7.26. The van der Waals surface area contributed by atoms with Gasteiger partial charge in [-0.2, -0.15) is 9.77 Å². The Balaban J connectivity index is 1.75. The number of aromatic nitrogens is 5. The highest BCUT2D eigenvalue weighted by Crippen LogP contribution is 2.28. The Hall–Kier alpha value is -4.86. The number of carbonyl (C=O) groups is 1. The van der Waals surface area contributed by atoms with E-state index in [2.05, 4.69) is 25.6 Å². The molecule has 0 saturated heterocycles. The monoisotopic (exact) mass is 456 g/mol. The van der Waals surface area contributed by atoms with Crippen molar-refractivity contribution in [2.45, 2.75) is 0 Å². The zero-order chi connectivity index (χ0) is 23.7. The SMILES string of the molecule is COc1cccc(-c2nc3c(-c4ccccc4F)n[nH]c3c(=O)n2NC(=O)c2ccncc2)c1. The van der Waals surface area contributed by atoms with E-state index in [0.29, 0.717) is 16.9 Å². The molecule has 2 aromatic carbocycles. The Kier molecular flexibility index (Phi) is 5.30. The van der Waals surface area contributed by atoms with Crippen molar-refractivity contribution in [3.05, 3.63) is 94.8 Å². The summed E-state index contributed by atoms with van der Waals surface area (Å²) in [7, 11) is 1.51. The van der Waals surface area contributed by atoms with E-state index < -0.39 is 17.3 Å². The largest absolute Gasteiger partial charge is 0.497 e. The summed E-state index contributed by atoms with van der Waals surface area (Å²) in [4.78, 5) is 34.9. The number of hydrogen-bond acceptors (Lipinski definition) is 6. The number of hydrogen-bond donors (Lipinski definition) is 2. The molecule has 0 atom stereocenters. The maximum atomic E-state index is 14.5. The van der Waals surface area contributed by atoms with Gasteiger partial charge in [0.1, 0.15) is 22.8 Å². The number of carbonyl (C=O) groups excluding carboxylic acids is 1. The number of methoxy groups -OCH3 is 1. The number of rotatable bonds is 5. The normalized spacial score (nSPS) is 10.9. The third-order valence-electron chi connectivity index (χ3n) is 5.20. The molecule has 0 aliphatic heterocycles. The van der Waals surface area contributed by atoms with Gasteiger partial charge in [0.05, 0.1) is 7.11 Å². The Morgan fingerprint density at radius 2 is 1.88 bits per heavy atom. The predicted octanol–water partition coefficient (Wildman–Crippen LogP) is 3.38. The van der Waals surface area contributed by atoms with E-state index in [1.165, 1.54) is 37.7 Å². The molecular formula is C24H17FN6O3. The molecule has 10 heteroatoms. The van der Waals surface area contributed by atoms with Gasteiger partial charge < -0.3 is 4.74 Å². The number of halogens is 1. The molecule has 168 valence electrons. The molecular weight excluding hydrogens is 439 g/mol. The van der Waals surface area contributed by atoms with E-state index in [9.17, 15) is 14.0 Å². The van der Waals surface area contributed by atoms with Gasteiger partial charge in [-0.15, -0.1) is 0 Å². The summed E-state index contributed by atoms with van der Waals surface area (Å²) < 4.78 is 20.8. The molecule has 0 fully saturated rings. The molecule has 1 amide bonds. The molecule has 3 heterocycles. The predicted molar refractivity (Wildman–Crippen MR) is 123 cm³/mol. The number of nitrogens with one attached hydrogen (secondary N) is 2. The summed E-state index contributed by atoms with van der Waals surface area (Å²) in [5.74, 6) is -0.391. The maximum absolute atomic E-state index is 14.5. The lowest BCUT2D eigenvalue weighted by Crippen LogP contribution is -2.35. The topological polar surface area (TPSA) is 115 Å². The summed E-state index contributed by atoms with van der Waals surface area (Å²) in [5.41, 5.74) is 3.34. The van der Waals surface area contributed by atoms with Crippen LogP contribution in [-0.4, -0.2) is 37.9 Å². The second-order valence-corrected chi connectivity index (χ2v) is 7.26. The van der Waals surface area contributed by atoms with Crippen LogP contribution in [-0.2, 0) is 0 Å². The van der Waals surface area contributed by atoms with Gasteiger partial charge in [-0.1, -0.05) is 24.3 Å². The van der Waals surface area contributed by atoms with E-state index in [1.807, 2.05) is 0 Å². The van der Waals surface area contributed by atoms with Gasteiger partial charge in [-0.25, -0.2) is 9.37 Å². The molecule has 0 radical (unpaired) electrons. The Morgan fingerprint density at radius 1 is 1.09 bits per heavy atom. The highest BCUT2D eigenvalue weighted by atomic mass is 19.1. The average molecular weight is 456 g/mol. The van der Waals surface area contributed by atoms with Crippen molar-refractivity contribution in [2.75, 3.05) is 12.5 Å². The fourth-order valence-corrected chi connectivity index (χ4v) is 3.53. The van der Waals surface area contributed by atoms with Crippen molar-refractivity contribution >= 4 is 16.9 Å². The number of H-pyrrole nitrogens is 1. The molecule has 0 aliphatic carbocycles. The molecule has 5 rings (SSSR count). The highest BCUT2D eigenvalue weighted by Gasteiger charge is 2.22. The molecule has 3 aromatic heterocycles. The third kappa shape index (κ3) is 3.66. The van der Waals surface area contributed by atoms with E-state index in [-0.39, 0.29) is 28.1 Å². The molecule has 0 spiro atoms. The Morgan fingerprint density at radius 3 is 2.65 bits per heavy atom. The van der Waals surface area contributed by atoms with Crippen LogP contribution >= 0.6 is 0 Å². The van der Waals surface area contributed by atoms with E-state index in [1.54, 1.807) is 42.5 Å². The molecule has 9 nitrogen and oxygen atoms in total. The number of benzene rings is 2. The molecule has 5 aromatic rings. The van der Waals surface area contributed by atoms with Crippen molar-refractivity contribution < 1.29 is 13.9 Å². The molecule has 2 N–H and O–H groups in total. The average Bonchev–Trinajstić information content (AvgIpc) is 3.30. The van der Waals surface area contributed by atoms with Crippen LogP contribution in [0.4, 0.5) is 4.39 Å². The lowest BCUT2D eigenvalue weighted by molar-refractivity contribution is 0.101. The van der Waals surface area contributed by atoms with Crippen LogP contribution in [0.25, 0.3) is 33.7 Å². The van der Waals surface area contributed by atoms with Crippen molar-refractivity contribution in [1.29, 1.82) is 0 Å². The first-order chi connectivity index (χ1) is 16.6. The van der Waals surface area contributed by atoms with Crippen LogP contribution in [0.1, 0.15) is 10.4 Å². The number of pyridine rings is 1. The lowest BCUT2D eigenvalue weighted by Gasteiger charge is -2.14. The summed E-state index contributed by atoms with van der Waals surface area (Å²) in [6.45, 7) is 0. The summed E-state index contributed by atoms with van der Waals surface area (Å²) in [6, 6.07) is 16.0. The smallest absolute Gasteiger partial charge is 0.298 e. The van der Waals surface area contributed by atoms with Gasteiger partial charge >= 0.3 is 0 Å². The Bertz CT molecular complexity index is 1580. The van der Waals surface area contributed by atoms with Crippen LogP contribution in [0.5, 0.6) is 5.75 Å². The summed E-state index contributed by atoms with van der Waals surface area (Å²) >= 11 is 0. The number of ether oxygens (including phenoxy) is 1. The van der Waals surface area contributed by atoms with Crippen molar-refractivity contribution in [3.63, 3.8) is 0 Å². The number of amides is 1. The zero-order valence-corrected chi connectivity index (χ0v) is 17.8. The van der Waals surface area contributed by atoms with Crippen molar-refractivity contribution in [1.82, 2.24) is 24.8 Å². The van der Waals surface area contributed by atoms with E-state index in [0.717, 1.165) is 4.68 Å². The van der Waals surface area contributed by atoms with Gasteiger partial charge in [-0.05, 0) is 36.4 Å². The fraction of sp³-hybridized carbons (Fsp3) is 0.0417. The zero-order valence-electron chi connectivity index (χ0n) is 17.8. The lowest BCUT2D eigenvalue weighted by atomic mass is 10.1. The number of fused-ring (bicyclic) bond motifs is 1. The second kappa shape index (κ2) is 8.58. The van der Waals surface area contributed by atoms with Crippen molar-refractivity contribution in [3.8, 4) is 28.4 Å². The fourth-order valence-electron chi connectivity index (χ4n) is 3.53. The standard InChI is InChI=1S/C24H17FN6O3/c1-34-16-6-4-5-15(13-16)22-27-20-19(17-7-2-3-8-18(17)25)28-29-21(20)24(33)31(22)30-23(32)14-9-11-26-12-10-14/h2-13H,1H3,(H,28,29)(H,30,32). The van der Waals surface area contributed by atoms with Gasteiger partial charge in [0.25, 0.3) is 11.5 Å². The van der Waals surface area contributed by atoms with Crippen LogP contribution in [0.3, 0.4) is 0 Å². The van der Waals surface area contributed by atoms with Crippen LogP contribution in [0.2, 0.25) is 0 Å². The minimum atomic E-state index is -0.611. The number of nitrogens with zero attached hydrogens (tertiary/aromatic N) is 4. The third-order valence-corrected chi connectivity index (χ3v) is 5.20.